The van der Waals surface area contributed by atoms with Gasteiger partial charge in [0.2, 0.25) is 0 Å². The number of nitrogens with two attached hydrogens (primary N) is 1. The minimum Gasteiger partial charge on any atom is -0.840 e. The van der Waals surface area contributed by atoms with E-state index in [1.165, 1.54) is 12.0 Å². The van der Waals surface area contributed by atoms with E-state index in [0.29, 0.717) is 6.61 Å². The summed E-state index contributed by atoms with van der Waals surface area (Å²) in [5.74, 6) is 5.44. The Morgan fingerprint density at radius 3 is 2.00 bits per heavy atom. The third kappa shape index (κ3) is 26.3. The maximum Gasteiger partial charge on any atom is 1.00 e. The molecule has 0 radical (unpaired) electrons. The topological polar surface area (TPSA) is 136 Å². The van der Waals surface area contributed by atoms with Gasteiger partial charge < -0.3 is 34.6 Å². The zero-order valence-corrected chi connectivity index (χ0v) is 25.4. The first-order valence-electron chi connectivity index (χ1n) is 10.1. The van der Waals surface area contributed by atoms with E-state index in [-0.39, 0.29) is 62.7 Å². The molecule has 0 aliphatic carbocycles. The van der Waals surface area contributed by atoms with Gasteiger partial charge in [-0.1, -0.05) is 64.1 Å². The van der Waals surface area contributed by atoms with Gasteiger partial charge in [-0.3, -0.25) is 0 Å². The Bertz CT molecular complexity index is 534. The second-order valence-electron chi connectivity index (χ2n) is 6.77. The van der Waals surface area contributed by atoms with Gasteiger partial charge in [0.05, 0.1) is 6.61 Å². The van der Waals surface area contributed by atoms with Gasteiger partial charge in [0.1, 0.15) is 25.9 Å². The molecule has 4 N–H and O–H groups in total. The number of hydrogen-bond acceptors (Lipinski definition) is 9. The molecule has 0 saturated carbocycles. The zero-order chi connectivity index (χ0) is 26.0. The smallest absolute Gasteiger partial charge is 0.840 e. The number of aliphatic hydroxyl groups is 1. The summed E-state index contributed by atoms with van der Waals surface area (Å²) in [6.07, 6.45) is 4.17. The van der Waals surface area contributed by atoms with Gasteiger partial charge in [0.15, 0.2) is 0 Å². The van der Waals surface area contributed by atoms with Crippen molar-refractivity contribution in [3.05, 3.63) is 42.0 Å². The van der Waals surface area contributed by atoms with Gasteiger partial charge >= 0.3 is 51.4 Å². The van der Waals surface area contributed by atoms with Gasteiger partial charge in [-0.25, -0.2) is 5.90 Å². The zero-order valence-electron chi connectivity index (χ0n) is 21.5. The maximum absolute atomic E-state index is 11.4. The Morgan fingerprint density at radius 2 is 1.64 bits per heavy atom. The Balaban J connectivity index is -0.000000117. The number of carbonyl (C=O) groups is 2. The van der Waals surface area contributed by atoms with E-state index in [9.17, 15) is 5.11 Å². The maximum atomic E-state index is 11.4. The van der Waals surface area contributed by atoms with Crippen molar-refractivity contribution in [1.82, 2.24) is 4.90 Å². The van der Waals surface area contributed by atoms with Crippen LogP contribution in [-0.4, -0.2) is 72.3 Å². The minimum absolute atomic E-state index is 0. The number of hydrogen-bond donors (Lipinski definition) is 3. The van der Waals surface area contributed by atoms with Crippen molar-refractivity contribution in [2.75, 3.05) is 32.6 Å². The van der Waals surface area contributed by atoms with E-state index < -0.39 is 6.23 Å². The van der Waals surface area contributed by atoms with Gasteiger partial charge in [-0.2, -0.15) is 11.8 Å². The van der Waals surface area contributed by atoms with E-state index in [1.54, 1.807) is 23.9 Å². The van der Waals surface area contributed by atoms with Crippen LogP contribution < -0.4 is 67.1 Å². The largest absolute Gasteiger partial charge is 1.00 e. The fourth-order valence-corrected chi connectivity index (χ4v) is 3.32. The second-order valence-corrected chi connectivity index (χ2v) is 8.52. The fourth-order valence-electron chi connectivity index (χ4n) is 2.09. The Kier molecular flexibility index (Phi) is 41.5. The number of aryl methyl sites for hydroxylation is 1. The first-order chi connectivity index (χ1) is 15.3. The number of nitrogens with zero attached hydrogens (tertiary/aromatic N) is 1. The van der Waals surface area contributed by atoms with Crippen LogP contribution in [0, 0.1) is 6.92 Å². The van der Waals surface area contributed by atoms with Crippen molar-refractivity contribution in [2.24, 2.45) is 5.90 Å². The fraction of sp³-hybridized carbons (Fsp3) is 0.565. The second kappa shape index (κ2) is 31.9. The van der Waals surface area contributed by atoms with Crippen LogP contribution in [0.4, 0.5) is 0 Å². The quantitative estimate of drug-likeness (QED) is 0.274. The summed E-state index contributed by atoms with van der Waals surface area (Å²) in [4.78, 5) is 17.9. The summed E-state index contributed by atoms with van der Waals surface area (Å²) in [7, 11) is 1.90. The van der Waals surface area contributed by atoms with Crippen LogP contribution in [0.3, 0.4) is 0 Å². The first-order valence-corrected chi connectivity index (χ1v) is 11.1. The molecule has 0 aromatic heterocycles. The standard InChI is InChI=1S/C11H14O2.C7H14NOS.C3H8.2CH2O.K.H3NO/c1-10-4-6-11(7-5-10)13-9-3-2-8-12;1-7(2)6(9)8(3)4-5-10-7;1-3-2;2*1-2;;1-2/h2-7,12H,8-9H2,1H3;6H,4-5H2,1-3H3;3H2,1-2H3;2*1H2;;2H,1H2/q;-1;;;;+1;. The van der Waals surface area contributed by atoms with Crippen LogP contribution in [0.5, 0.6) is 5.75 Å². The average Bonchev–Trinajstić information content (AvgIpc) is 2.81. The van der Waals surface area contributed by atoms with E-state index in [0.717, 1.165) is 18.0 Å². The number of rotatable bonds is 4. The van der Waals surface area contributed by atoms with E-state index in [4.69, 9.17) is 24.6 Å². The Hall–Kier alpha value is -0.114. The summed E-state index contributed by atoms with van der Waals surface area (Å²) in [5, 5.41) is 26.4. The molecule has 1 saturated heterocycles. The third-order valence-electron chi connectivity index (χ3n) is 3.55. The molecule has 188 valence electrons. The first kappa shape index (κ1) is 43.0. The summed E-state index contributed by atoms with van der Waals surface area (Å²) in [5.41, 5.74) is 1.22. The van der Waals surface area contributed by atoms with E-state index in [2.05, 4.69) is 19.7 Å². The molecule has 0 amide bonds. The van der Waals surface area contributed by atoms with Gasteiger partial charge in [0, 0.05) is 17.0 Å². The summed E-state index contributed by atoms with van der Waals surface area (Å²) in [6, 6.07) is 7.88. The van der Waals surface area contributed by atoms with Crippen LogP contribution in [-0.2, 0) is 9.59 Å². The molecule has 2 rings (SSSR count). The van der Waals surface area contributed by atoms with Crippen molar-refractivity contribution in [3.63, 3.8) is 0 Å². The predicted molar refractivity (Wildman–Crippen MR) is 132 cm³/mol. The average molecular weight is 515 g/mol. The van der Waals surface area contributed by atoms with Gasteiger partial charge in [0.25, 0.3) is 0 Å². The number of thioether (sulfide) groups is 1. The number of ether oxygens (including phenoxy) is 1. The van der Waals surface area contributed by atoms with Crippen LogP contribution in [0.15, 0.2) is 36.4 Å². The van der Waals surface area contributed by atoms with E-state index in [1.807, 2.05) is 70.6 Å². The minimum atomic E-state index is -0.536. The summed E-state index contributed by atoms with van der Waals surface area (Å²) in [6.45, 7) is 15.8. The number of carbonyl (C=O) groups excluding carboxylic acids is 2. The molecule has 1 unspecified atom stereocenters. The summed E-state index contributed by atoms with van der Waals surface area (Å²) < 4.78 is 5.26. The number of aliphatic hydroxyl groups excluding tert-OH is 1. The molecule has 1 aliphatic rings. The molecule has 1 heterocycles. The van der Waals surface area contributed by atoms with Crippen LogP contribution in [0.1, 0.15) is 39.7 Å². The molecular formula is C23H43KN2O6S. The molecule has 1 atom stereocenters. The molecule has 1 aliphatic heterocycles. The van der Waals surface area contributed by atoms with Crippen molar-refractivity contribution in [1.29, 1.82) is 0 Å². The molecule has 1 aromatic carbocycles. The molecule has 0 spiro atoms. The van der Waals surface area contributed by atoms with Crippen LogP contribution >= 0.6 is 11.8 Å². The van der Waals surface area contributed by atoms with Crippen LogP contribution in [0.2, 0.25) is 0 Å². The summed E-state index contributed by atoms with van der Waals surface area (Å²) >= 11 is 1.78. The molecule has 33 heavy (non-hydrogen) atoms. The monoisotopic (exact) mass is 514 g/mol. The van der Waals surface area contributed by atoms with Gasteiger partial charge in [-0.05, 0) is 32.2 Å². The van der Waals surface area contributed by atoms with E-state index >= 15 is 0 Å². The molecular weight excluding hydrogens is 471 g/mol. The molecule has 8 nitrogen and oxygen atoms in total. The molecule has 10 heteroatoms. The van der Waals surface area contributed by atoms with Crippen molar-refractivity contribution < 1.29 is 81.1 Å². The third-order valence-corrected chi connectivity index (χ3v) is 4.88. The van der Waals surface area contributed by atoms with Crippen molar-refractivity contribution in [2.45, 2.75) is 52.0 Å². The van der Waals surface area contributed by atoms with Crippen molar-refractivity contribution in [3.8, 4) is 5.75 Å². The number of benzene rings is 1. The SMILES string of the molecule is C=O.C=O.CCC.CN1CCSC(C)(C)C1[O-].Cc1ccc(OCC=CCO)cc1.NO.[K+]. The van der Waals surface area contributed by atoms with Crippen LogP contribution in [0.25, 0.3) is 0 Å². The molecule has 0 bridgehead atoms. The predicted octanol–water partition coefficient (Wildman–Crippen LogP) is -0.563. The molecule has 1 fully saturated rings. The van der Waals surface area contributed by atoms with Gasteiger partial charge in [-0.15, -0.1) is 0 Å². The Labute approximate surface area is 247 Å². The molecule has 1 aromatic rings. The normalized spacial score (nSPS) is 15.5. The Morgan fingerprint density at radius 1 is 1.18 bits per heavy atom. The van der Waals surface area contributed by atoms with Crippen molar-refractivity contribution >= 4 is 25.3 Å².